The van der Waals surface area contributed by atoms with Gasteiger partial charge in [-0.15, -0.1) is 0 Å². The van der Waals surface area contributed by atoms with Crippen LogP contribution in [0.5, 0.6) is 17.2 Å². The van der Waals surface area contributed by atoms with Gasteiger partial charge in [0.2, 0.25) is 5.75 Å². The van der Waals surface area contributed by atoms with Crippen LogP contribution < -0.4 is 14.2 Å². The zero-order chi connectivity index (χ0) is 16.0. The maximum atomic E-state index is 11.8. The SMILES string of the molecule is COc1cc(CBr)cc(OC)c1OCCS(=O)(=O)C(C)C. The van der Waals surface area contributed by atoms with Crippen molar-refractivity contribution in [3.63, 3.8) is 0 Å². The zero-order valence-corrected chi connectivity index (χ0v) is 15.1. The topological polar surface area (TPSA) is 61.8 Å². The van der Waals surface area contributed by atoms with Crippen molar-refractivity contribution in [2.24, 2.45) is 0 Å². The number of benzene rings is 1. The number of ether oxygens (including phenoxy) is 3. The maximum absolute atomic E-state index is 11.8. The van der Waals surface area contributed by atoms with Crippen LogP contribution in [0.4, 0.5) is 0 Å². The number of halogens is 1. The second-order valence-corrected chi connectivity index (χ2v) is 7.96. The molecule has 0 radical (unpaired) electrons. The first-order valence-electron chi connectivity index (χ1n) is 6.51. The fraction of sp³-hybridized carbons (Fsp3) is 0.571. The van der Waals surface area contributed by atoms with E-state index >= 15 is 0 Å². The first kappa shape index (κ1) is 18.1. The molecule has 0 saturated carbocycles. The van der Waals surface area contributed by atoms with E-state index in [1.807, 2.05) is 12.1 Å². The van der Waals surface area contributed by atoms with E-state index in [4.69, 9.17) is 14.2 Å². The van der Waals surface area contributed by atoms with Gasteiger partial charge in [-0.1, -0.05) is 15.9 Å². The summed E-state index contributed by atoms with van der Waals surface area (Å²) in [6.07, 6.45) is 0. The molecular formula is C14H21BrO5S. The lowest BCUT2D eigenvalue weighted by Crippen LogP contribution is -2.22. The Bertz CT molecular complexity index is 544. The number of sulfone groups is 1. The van der Waals surface area contributed by atoms with E-state index in [0.717, 1.165) is 5.56 Å². The van der Waals surface area contributed by atoms with E-state index in [1.165, 1.54) is 14.2 Å². The lowest BCUT2D eigenvalue weighted by Gasteiger charge is -2.16. The molecule has 0 N–H and O–H groups in total. The quantitative estimate of drug-likeness (QED) is 0.648. The molecule has 0 atom stereocenters. The lowest BCUT2D eigenvalue weighted by atomic mass is 10.2. The minimum absolute atomic E-state index is 0.0445. The third kappa shape index (κ3) is 4.78. The fourth-order valence-corrected chi connectivity index (χ4v) is 2.76. The molecule has 0 saturated heterocycles. The van der Waals surface area contributed by atoms with Crippen LogP contribution in [0, 0.1) is 0 Å². The van der Waals surface area contributed by atoms with Gasteiger partial charge in [0.05, 0.1) is 25.2 Å². The number of alkyl halides is 1. The third-order valence-electron chi connectivity index (χ3n) is 3.01. The highest BCUT2D eigenvalue weighted by molar-refractivity contribution is 9.08. The summed E-state index contributed by atoms with van der Waals surface area (Å²) in [5.41, 5.74) is 0.978. The van der Waals surface area contributed by atoms with Gasteiger partial charge in [-0.2, -0.15) is 0 Å². The van der Waals surface area contributed by atoms with Gasteiger partial charge in [0, 0.05) is 5.33 Å². The van der Waals surface area contributed by atoms with Gasteiger partial charge in [-0.05, 0) is 31.5 Å². The summed E-state index contributed by atoms with van der Waals surface area (Å²) in [6, 6.07) is 3.65. The van der Waals surface area contributed by atoms with Crippen LogP contribution in [0.3, 0.4) is 0 Å². The van der Waals surface area contributed by atoms with E-state index in [0.29, 0.717) is 22.6 Å². The van der Waals surface area contributed by atoms with Gasteiger partial charge in [-0.3, -0.25) is 0 Å². The molecule has 1 aromatic carbocycles. The Morgan fingerprint density at radius 3 is 2.05 bits per heavy atom. The van der Waals surface area contributed by atoms with E-state index in [2.05, 4.69) is 15.9 Å². The molecule has 0 heterocycles. The van der Waals surface area contributed by atoms with Crippen LogP contribution in [-0.2, 0) is 15.2 Å². The van der Waals surface area contributed by atoms with Crippen LogP contribution in [-0.4, -0.2) is 40.2 Å². The average molecular weight is 381 g/mol. The van der Waals surface area contributed by atoms with Crippen molar-refractivity contribution in [2.75, 3.05) is 26.6 Å². The van der Waals surface area contributed by atoms with E-state index < -0.39 is 15.1 Å². The first-order valence-corrected chi connectivity index (χ1v) is 9.34. The van der Waals surface area contributed by atoms with Gasteiger partial charge in [0.15, 0.2) is 21.3 Å². The Morgan fingerprint density at radius 1 is 1.14 bits per heavy atom. The molecular weight excluding hydrogens is 360 g/mol. The third-order valence-corrected chi connectivity index (χ3v) is 5.83. The van der Waals surface area contributed by atoms with Crippen molar-refractivity contribution in [3.8, 4) is 17.2 Å². The summed E-state index contributed by atoms with van der Waals surface area (Å²) in [4.78, 5) is 0. The first-order chi connectivity index (χ1) is 9.85. The second-order valence-electron chi connectivity index (χ2n) is 4.73. The second kappa shape index (κ2) is 7.89. The molecule has 0 bridgehead atoms. The summed E-state index contributed by atoms with van der Waals surface area (Å²) in [5.74, 6) is 1.41. The van der Waals surface area contributed by atoms with Crippen molar-refractivity contribution >= 4 is 25.8 Å². The van der Waals surface area contributed by atoms with Gasteiger partial charge in [-0.25, -0.2) is 8.42 Å². The molecule has 120 valence electrons. The van der Waals surface area contributed by atoms with Crippen LogP contribution in [0.25, 0.3) is 0 Å². The van der Waals surface area contributed by atoms with Crippen molar-refractivity contribution in [2.45, 2.75) is 24.4 Å². The van der Waals surface area contributed by atoms with Gasteiger partial charge < -0.3 is 14.2 Å². The number of rotatable bonds is 8. The molecule has 0 unspecified atom stereocenters. The summed E-state index contributed by atoms with van der Waals surface area (Å²) < 4.78 is 39.7. The smallest absolute Gasteiger partial charge is 0.203 e. The Balaban J connectivity index is 2.92. The Morgan fingerprint density at radius 2 is 1.67 bits per heavy atom. The van der Waals surface area contributed by atoms with Crippen molar-refractivity contribution < 1.29 is 22.6 Å². The predicted molar refractivity (Wildman–Crippen MR) is 86.6 cm³/mol. The van der Waals surface area contributed by atoms with E-state index in [9.17, 15) is 8.42 Å². The molecule has 1 rings (SSSR count). The predicted octanol–water partition coefficient (Wildman–Crippen LogP) is 2.80. The maximum Gasteiger partial charge on any atom is 0.203 e. The molecule has 0 spiro atoms. The standard InChI is InChI=1S/C14H21BrO5S/c1-10(2)21(16,17)6-5-20-14-12(18-3)7-11(9-15)8-13(14)19-4/h7-8,10H,5-6,9H2,1-4H3. The van der Waals surface area contributed by atoms with Gasteiger partial charge >= 0.3 is 0 Å². The molecule has 0 aliphatic rings. The fourth-order valence-electron chi connectivity index (χ4n) is 1.65. The van der Waals surface area contributed by atoms with Gasteiger partial charge in [0.25, 0.3) is 0 Å². The zero-order valence-electron chi connectivity index (χ0n) is 12.7. The largest absolute Gasteiger partial charge is 0.493 e. The van der Waals surface area contributed by atoms with Crippen LogP contribution in [0.1, 0.15) is 19.4 Å². The molecule has 1 aromatic rings. The number of hydrogen-bond acceptors (Lipinski definition) is 5. The molecule has 0 amide bonds. The number of methoxy groups -OCH3 is 2. The minimum Gasteiger partial charge on any atom is -0.493 e. The van der Waals surface area contributed by atoms with Crippen LogP contribution >= 0.6 is 15.9 Å². The van der Waals surface area contributed by atoms with Crippen molar-refractivity contribution in [3.05, 3.63) is 17.7 Å². The summed E-state index contributed by atoms with van der Waals surface area (Å²) >= 11 is 3.37. The molecule has 0 aliphatic carbocycles. The van der Waals surface area contributed by atoms with Crippen LogP contribution in [0.2, 0.25) is 0 Å². The highest BCUT2D eigenvalue weighted by Crippen LogP contribution is 2.39. The molecule has 0 fully saturated rings. The highest BCUT2D eigenvalue weighted by atomic mass is 79.9. The Hall–Kier alpha value is -0.950. The monoisotopic (exact) mass is 380 g/mol. The molecule has 0 aliphatic heterocycles. The minimum atomic E-state index is -3.13. The Labute approximate surface area is 134 Å². The van der Waals surface area contributed by atoms with Crippen LogP contribution in [0.15, 0.2) is 12.1 Å². The van der Waals surface area contributed by atoms with Crippen molar-refractivity contribution in [1.82, 2.24) is 0 Å². The summed E-state index contributed by atoms with van der Waals surface area (Å²) in [5, 5.41) is 0.238. The molecule has 21 heavy (non-hydrogen) atoms. The normalized spacial score (nSPS) is 11.5. The lowest BCUT2D eigenvalue weighted by molar-refractivity contribution is 0.288. The summed E-state index contributed by atoms with van der Waals surface area (Å²) in [6.45, 7) is 3.36. The van der Waals surface area contributed by atoms with E-state index in [1.54, 1.807) is 13.8 Å². The summed E-state index contributed by atoms with van der Waals surface area (Å²) in [7, 11) is -0.0700. The number of hydrogen-bond donors (Lipinski definition) is 0. The Kier molecular flexibility index (Phi) is 6.80. The van der Waals surface area contributed by atoms with E-state index in [-0.39, 0.29) is 12.4 Å². The molecule has 7 heteroatoms. The van der Waals surface area contributed by atoms with Gasteiger partial charge in [0.1, 0.15) is 6.61 Å². The molecule has 5 nitrogen and oxygen atoms in total. The van der Waals surface area contributed by atoms with Crippen molar-refractivity contribution in [1.29, 1.82) is 0 Å². The average Bonchev–Trinajstić information content (AvgIpc) is 2.46. The molecule has 0 aromatic heterocycles. The highest BCUT2D eigenvalue weighted by Gasteiger charge is 2.18.